The third kappa shape index (κ3) is 9.94. The lowest BCUT2D eigenvalue weighted by Gasteiger charge is -2.40. The van der Waals surface area contributed by atoms with E-state index >= 15 is 0 Å². The molecule has 0 unspecified atom stereocenters. The van der Waals surface area contributed by atoms with Crippen LogP contribution >= 0.6 is 0 Å². The van der Waals surface area contributed by atoms with Gasteiger partial charge in [0.25, 0.3) is 0 Å². The van der Waals surface area contributed by atoms with E-state index in [1.165, 1.54) is 4.68 Å². The predicted octanol–water partition coefficient (Wildman–Crippen LogP) is 6.11. The molecular formula is C35H47N11O2. The summed E-state index contributed by atoms with van der Waals surface area (Å²) in [5, 5.41) is 20.6. The van der Waals surface area contributed by atoms with Crippen LogP contribution in [0.25, 0.3) is 0 Å². The summed E-state index contributed by atoms with van der Waals surface area (Å²) in [6.45, 7) is 13.3. The molecule has 0 spiro atoms. The first-order chi connectivity index (χ1) is 23.4. The standard InChI is InChI=1S/C28H33N11O2.C5H8.C2H6/c1-2-19-9-16-38(28(40)34-19)21-10-14-37(15-11-21)27(31)35-26-24(17-29)25(36-39(26)18-30)33-20-3-5-22(6-4-20)41-23-7-12-32-13-8-23;1-3-5-4-2;1-2/h2-8,12-13,21H,9-11,14-16,18,30H2,1H3,(H2,31,35)(H,33,36)(H,34,40);3-5H,1H2,2H3;1-2H3/b19-2+;5-4-;. The van der Waals surface area contributed by atoms with E-state index < -0.39 is 0 Å². The lowest BCUT2D eigenvalue weighted by molar-refractivity contribution is 0.137. The lowest BCUT2D eigenvalue weighted by atomic mass is 10.0. The number of nitrogens with zero attached hydrogens (tertiary/aromatic N) is 7. The summed E-state index contributed by atoms with van der Waals surface area (Å²) in [4.78, 5) is 25.0. The molecule has 2 saturated heterocycles. The molecule has 0 atom stereocenters. The van der Waals surface area contributed by atoms with Crippen molar-refractivity contribution in [1.29, 1.82) is 5.26 Å². The van der Waals surface area contributed by atoms with Gasteiger partial charge in [-0.1, -0.05) is 44.7 Å². The maximum absolute atomic E-state index is 12.5. The molecule has 0 bridgehead atoms. The predicted molar refractivity (Wildman–Crippen MR) is 191 cm³/mol. The van der Waals surface area contributed by atoms with Gasteiger partial charge >= 0.3 is 6.03 Å². The fraction of sp³-hybridized carbons (Fsp3) is 0.343. The van der Waals surface area contributed by atoms with Crippen molar-refractivity contribution in [2.75, 3.05) is 25.0 Å². The topological polar surface area (TPSA) is 176 Å². The van der Waals surface area contributed by atoms with Crippen LogP contribution in [0, 0.1) is 11.3 Å². The van der Waals surface area contributed by atoms with Gasteiger partial charge in [-0.3, -0.25) is 4.98 Å². The van der Waals surface area contributed by atoms with Crippen molar-refractivity contribution in [2.24, 2.45) is 16.5 Å². The average molecular weight is 654 g/mol. The van der Waals surface area contributed by atoms with Gasteiger partial charge in [-0.2, -0.15) is 15.4 Å². The number of ether oxygens (including phenoxy) is 1. The number of carbonyl (C=O) groups is 1. The molecule has 4 heterocycles. The Bertz CT molecular complexity index is 1600. The first-order valence-electron chi connectivity index (χ1n) is 16.1. The first-order valence-corrected chi connectivity index (χ1v) is 16.1. The zero-order valence-corrected chi connectivity index (χ0v) is 28.3. The zero-order valence-electron chi connectivity index (χ0n) is 28.3. The van der Waals surface area contributed by atoms with Gasteiger partial charge in [0, 0.05) is 55.9 Å². The maximum atomic E-state index is 12.5. The van der Waals surface area contributed by atoms with Crippen molar-refractivity contribution in [2.45, 2.75) is 59.7 Å². The molecular weight excluding hydrogens is 606 g/mol. The van der Waals surface area contributed by atoms with Crippen LogP contribution in [0.2, 0.25) is 0 Å². The van der Waals surface area contributed by atoms with Crippen LogP contribution in [-0.2, 0) is 6.67 Å². The van der Waals surface area contributed by atoms with Gasteiger partial charge in [-0.05, 0) is 63.1 Å². The van der Waals surface area contributed by atoms with Crippen LogP contribution in [0.3, 0.4) is 0 Å². The number of likely N-dealkylation sites (tertiary alicyclic amines) is 1. The van der Waals surface area contributed by atoms with Gasteiger partial charge in [-0.25, -0.2) is 9.48 Å². The largest absolute Gasteiger partial charge is 0.457 e. The number of guanidine groups is 1. The van der Waals surface area contributed by atoms with Crippen LogP contribution in [0.1, 0.15) is 52.5 Å². The van der Waals surface area contributed by atoms with Crippen molar-refractivity contribution in [3.05, 3.63) is 90.9 Å². The minimum Gasteiger partial charge on any atom is -0.457 e. The normalized spacial score (nSPS) is 15.9. The van der Waals surface area contributed by atoms with Gasteiger partial charge in [-0.15, -0.1) is 0 Å². The van der Waals surface area contributed by atoms with E-state index in [1.54, 1.807) is 30.6 Å². The number of aromatic nitrogens is 3. The molecule has 254 valence electrons. The molecule has 1 aromatic carbocycles. The summed E-state index contributed by atoms with van der Waals surface area (Å²) in [5.41, 5.74) is 14.2. The van der Waals surface area contributed by atoms with Gasteiger partial charge < -0.3 is 36.6 Å². The summed E-state index contributed by atoms with van der Waals surface area (Å²) in [7, 11) is 0. The van der Waals surface area contributed by atoms with E-state index in [-0.39, 0.29) is 36.1 Å². The molecule has 2 amide bonds. The summed E-state index contributed by atoms with van der Waals surface area (Å²) < 4.78 is 7.25. The van der Waals surface area contributed by atoms with Crippen molar-refractivity contribution >= 4 is 29.3 Å². The fourth-order valence-electron chi connectivity index (χ4n) is 5.07. The lowest BCUT2D eigenvalue weighted by Crippen LogP contribution is -2.54. The number of urea groups is 1. The maximum Gasteiger partial charge on any atom is 0.321 e. The number of hydrogen-bond acceptors (Lipinski definition) is 8. The SMILES string of the molecule is C/C=C1\CCN(C2CCN(/C(N)=N/c3c(C#N)c(Nc4ccc(Oc5ccncc5)cc4)nn3CN)CC2)C(=O)N1.C=C/C=C\C.CC. The second kappa shape index (κ2) is 19.1. The van der Waals surface area contributed by atoms with E-state index in [4.69, 9.17) is 16.2 Å². The molecule has 3 aromatic rings. The van der Waals surface area contributed by atoms with Gasteiger partial charge in [0.1, 0.15) is 23.1 Å². The van der Waals surface area contributed by atoms with Crippen molar-refractivity contribution in [3.63, 3.8) is 0 Å². The smallest absolute Gasteiger partial charge is 0.321 e. The number of hydrogen-bond donors (Lipinski definition) is 4. The molecule has 5 rings (SSSR count). The number of amides is 2. The fourth-order valence-corrected chi connectivity index (χ4v) is 5.07. The molecule has 13 heteroatoms. The number of nitrogens with two attached hydrogens (primary N) is 2. The monoisotopic (exact) mass is 653 g/mol. The highest BCUT2D eigenvalue weighted by molar-refractivity contribution is 5.83. The van der Waals surface area contributed by atoms with E-state index in [0.717, 1.165) is 25.0 Å². The number of benzene rings is 1. The molecule has 0 aliphatic carbocycles. The number of allylic oxidation sites excluding steroid dienone is 4. The highest BCUT2D eigenvalue weighted by Crippen LogP contribution is 2.30. The number of anilines is 2. The van der Waals surface area contributed by atoms with Crippen molar-refractivity contribution in [1.82, 2.24) is 29.9 Å². The van der Waals surface area contributed by atoms with E-state index in [1.807, 2.05) is 80.0 Å². The molecule has 2 aliphatic rings. The number of aliphatic imine (C=N–C) groups is 1. The highest BCUT2D eigenvalue weighted by atomic mass is 16.5. The van der Waals surface area contributed by atoms with Gasteiger partial charge in [0.05, 0.1) is 6.67 Å². The minimum absolute atomic E-state index is 0.0154. The van der Waals surface area contributed by atoms with Crippen LogP contribution < -0.4 is 26.8 Å². The molecule has 13 nitrogen and oxygen atoms in total. The first kappa shape index (κ1) is 36.9. The molecule has 2 fully saturated rings. The number of rotatable bonds is 8. The Hall–Kier alpha value is -5.61. The number of piperidine rings is 1. The van der Waals surface area contributed by atoms with Crippen LogP contribution in [0.4, 0.5) is 22.1 Å². The summed E-state index contributed by atoms with van der Waals surface area (Å²) in [5.74, 6) is 2.21. The van der Waals surface area contributed by atoms with Crippen molar-refractivity contribution in [3.8, 4) is 17.6 Å². The van der Waals surface area contributed by atoms with E-state index in [0.29, 0.717) is 42.6 Å². The third-order valence-electron chi connectivity index (χ3n) is 7.49. The molecule has 6 N–H and O–H groups in total. The molecule has 0 saturated carbocycles. The summed E-state index contributed by atoms with van der Waals surface area (Å²) >= 11 is 0. The number of carbonyl (C=O) groups excluding carboxylic acids is 1. The Balaban J connectivity index is 0.000000818. The van der Waals surface area contributed by atoms with Crippen LogP contribution in [0.15, 0.2) is 90.4 Å². The average Bonchev–Trinajstić information content (AvgIpc) is 3.46. The summed E-state index contributed by atoms with van der Waals surface area (Å²) in [6.07, 6.45) is 13.2. The highest BCUT2D eigenvalue weighted by Gasteiger charge is 2.31. The zero-order chi connectivity index (χ0) is 34.9. The Morgan fingerprint density at radius 3 is 2.35 bits per heavy atom. The van der Waals surface area contributed by atoms with Crippen LogP contribution in [-0.4, -0.2) is 62.2 Å². The Labute approximate surface area is 283 Å². The second-order valence-electron chi connectivity index (χ2n) is 10.4. The molecule has 0 radical (unpaired) electrons. The Morgan fingerprint density at radius 1 is 1.15 bits per heavy atom. The Kier molecular flexibility index (Phi) is 14.7. The molecule has 2 aliphatic heterocycles. The number of pyridine rings is 1. The molecule has 2 aromatic heterocycles. The number of nitrogens with one attached hydrogen (secondary N) is 2. The van der Waals surface area contributed by atoms with Gasteiger partial charge in [0.15, 0.2) is 17.6 Å². The second-order valence-corrected chi connectivity index (χ2v) is 10.4. The van der Waals surface area contributed by atoms with E-state index in [2.05, 4.69) is 38.4 Å². The third-order valence-corrected chi connectivity index (χ3v) is 7.49. The number of nitriles is 1. The van der Waals surface area contributed by atoms with Crippen LogP contribution in [0.5, 0.6) is 11.5 Å². The Morgan fingerprint density at radius 2 is 1.81 bits per heavy atom. The quantitative estimate of drug-likeness (QED) is 0.127. The van der Waals surface area contributed by atoms with E-state index in [9.17, 15) is 10.1 Å². The minimum atomic E-state index is -0.0501. The van der Waals surface area contributed by atoms with Crippen molar-refractivity contribution < 1.29 is 9.53 Å². The van der Waals surface area contributed by atoms with Gasteiger partial charge in [0.2, 0.25) is 0 Å². The molecule has 48 heavy (non-hydrogen) atoms. The summed E-state index contributed by atoms with van der Waals surface area (Å²) in [6, 6.07) is 13.1.